The number of aromatic nitrogens is 1. The highest BCUT2D eigenvalue weighted by Crippen LogP contribution is 2.17. The summed E-state index contributed by atoms with van der Waals surface area (Å²) in [5.74, 6) is 0. The molecule has 1 fully saturated rings. The molecule has 2 heterocycles. The molecular weight excluding hydrogens is 244 g/mol. The van der Waals surface area contributed by atoms with Gasteiger partial charge in [-0.2, -0.15) is 0 Å². The molecule has 1 N–H and O–H groups in total. The van der Waals surface area contributed by atoms with Crippen LogP contribution in [0, 0.1) is 13.8 Å². The van der Waals surface area contributed by atoms with Crippen molar-refractivity contribution in [2.75, 3.05) is 46.3 Å². The van der Waals surface area contributed by atoms with Gasteiger partial charge in [-0.25, -0.2) is 4.98 Å². The molecule has 0 unspecified atom stereocenters. The number of hydrogen-bond acceptors (Lipinski definition) is 5. The van der Waals surface area contributed by atoms with Gasteiger partial charge in [0.15, 0.2) is 0 Å². The van der Waals surface area contributed by atoms with Crippen LogP contribution in [-0.4, -0.2) is 61.1 Å². The van der Waals surface area contributed by atoms with Gasteiger partial charge in [0.25, 0.3) is 0 Å². The molecule has 1 aliphatic heterocycles. The average molecular weight is 268 g/mol. The summed E-state index contributed by atoms with van der Waals surface area (Å²) < 4.78 is 0. The van der Waals surface area contributed by atoms with Gasteiger partial charge in [0, 0.05) is 44.1 Å². The fourth-order valence-corrected chi connectivity index (χ4v) is 3.18. The first-order valence-corrected chi connectivity index (χ1v) is 7.51. The molecule has 0 amide bonds. The monoisotopic (exact) mass is 268 g/mol. The fourth-order valence-electron chi connectivity index (χ4n) is 2.16. The summed E-state index contributed by atoms with van der Waals surface area (Å²) in [6.45, 7) is 12.1. The second-order valence-corrected chi connectivity index (χ2v) is 6.37. The lowest BCUT2D eigenvalue weighted by atomic mass is 10.3. The lowest BCUT2D eigenvalue weighted by molar-refractivity contribution is 0.202. The zero-order valence-electron chi connectivity index (χ0n) is 11.7. The van der Waals surface area contributed by atoms with E-state index >= 15 is 0 Å². The lowest BCUT2D eigenvalue weighted by Crippen LogP contribution is -2.45. The number of nitrogens with one attached hydrogen (secondary N) is 1. The van der Waals surface area contributed by atoms with Crippen LogP contribution in [0.15, 0.2) is 0 Å². The molecular formula is C13H24N4S. The van der Waals surface area contributed by atoms with E-state index in [9.17, 15) is 0 Å². The molecule has 0 spiro atoms. The predicted octanol–water partition coefficient (Wildman–Crippen LogP) is 1.10. The van der Waals surface area contributed by atoms with Crippen molar-refractivity contribution in [2.24, 2.45) is 0 Å². The first kappa shape index (κ1) is 13.9. The second-order valence-electron chi connectivity index (χ2n) is 5.08. The van der Waals surface area contributed by atoms with Crippen molar-refractivity contribution in [2.45, 2.75) is 20.4 Å². The minimum Gasteiger partial charge on any atom is -0.314 e. The molecule has 1 aliphatic rings. The van der Waals surface area contributed by atoms with E-state index in [0.717, 1.165) is 26.2 Å². The topological polar surface area (TPSA) is 31.4 Å². The molecule has 0 aliphatic carbocycles. The summed E-state index contributed by atoms with van der Waals surface area (Å²) in [6.07, 6.45) is 0. The Balaban J connectivity index is 1.72. The molecule has 5 heteroatoms. The van der Waals surface area contributed by atoms with Crippen molar-refractivity contribution >= 4 is 11.3 Å². The number of aryl methyl sites for hydroxylation is 2. The van der Waals surface area contributed by atoms with Gasteiger partial charge in [0.05, 0.1) is 12.2 Å². The van der Waals surface area contributed by atoms with E-state index in [1.165, 1.54) is 35.2 Å². The molecule has 0 aromatic carbocycles. The molecule has 1 saturated heterocycles. The number of hydrogen-bond donors (Lipinski definition) is 1. The van der Waals surface area contributed by atoms with Crippen LogP contribution in [0.2, 0.25) is 0 Å². The number of piperazine rings is 1. The third kappa shape index (κ3) is 4.02. The number of nitrogens with zero attached hydrogens (tertiary/aromatic N) is 3. The van der Waals surface area contributed by atoms with E-state index in [0.29, 0.717) is 0 Å². The van der Waals surface area contributed by atoms with Crippen LogP contribution in [0.25, 0.3) is 0 Å². The number of thiazole rings is 1. The van der Waals surface area contributed by atoms with E-state index in [1.807, 2.05) is 11.3 Å². The molecule has 1 aromatic heterocycles. The SMILES string of the molecule is Cc1nc(CN(C)CCN2CCNCC2)sc1C. The largest absolute Gasteiger partial charge is 0.314 e. The Kier molecular flexibility index (Phi) is 5.12. The van der Waals surface area contributed by atoms with E-state index in [2.05, 4.69) is 41.0 Å². The van der Waals surface area contributed by atoms with Crippen molar-refractivity contribution in [3.05, 3.63) is 15.6 Å². The van der Waals surface area contributed by atoms with Crippen LogP contribution < -0.4 is 5.32 Å². The highest BCUT2D eigenvalue weighted by molar-refractivity contribution is 7.11. The van der Waals surface area contributed by atoms with Gasteiger partial charge in [-0.15, -0.1) is 11.3 Å². The Bertz CT molecular complexity index is 352. The van der Waals surface area contributed by atoms with Crippen molar-refractivity contribution in [1.82, 2.24) is 20.1 Å². The molecule has 0 radical (unpaired) electrons. The van der Waals surface area contributed by atoms with Crippen LogP contribution in [-0.2, 0) is 6.54 Å². The average Bonchev–Trinajstić information content (AvgIpc) is 2.67. The summed E-state index contributed by atoms with van der Waals surface area (Å²) in [5.41, 5.74) is 1.19. The Morgan fingerprint density at radius 3 is 2.67 bits per heavy atom. The van der Waals surface area contributed by atoms with Crippen LogP contribution in [0.5, 0.6) is 0 Å². The summed E-state index contributed by atoms with van der Waals surface area (Å²) in [5, 5.41) is 4.63. The van der Waals surface area contributed by atoms with E-state index in [-0.39, 0.29) is 0 Å². The molecule has 0 saturated carbocycles. The highest BCUT2D eigenvalue weighted by atomic mass is 32.1. The molecule has 1 aromatic rings. The molecule has 2 rings (SSSR count). The Labute approximate surface area is 114 Å². The predicted molar refractivity (Wildman–Crippen MR) is 77.2 cm³/mol. The lowest BCUT2D eigenvalue weighted by Gasteiger charge is -2.28. The minimum absolute atomic E-state index is 0.978. The van der Waals surface area contributed by atoms with E-state index in [4.69, 9.17) is 0 Å². The Morgan fingerprint density at radius 2 is 2.06 bits per heavy atom. The zero-order chi connectivity index (χ0) is 13.0. The van der Waals surface area contributed by atoms with E-state index in [1.54, 1.807) is 0 Å². The van der Waals surface area contributed by atoms with Crippen LogP contribution in [0.3, 0.4) is 0 Å². The fraction of sp³-hybridized carbons (Fsp3) is 0.769. The third-order valence-corrected chi connectivity index (χ3v) is 4.54. The van der Waals surface area contributed by atoms with Gasteiger partial charge >= 0.3 is 0 Å². The Morgan fingerprint density at radius 1 is 1.33 bits per heavy atom. The van der Waals surface area contributed by atoms with Crippen LogP contribution in [0.1, 0.15) is 15.6 Å². The summed E-state index contributed by atoms with van der Waals surface area (Å²) >= 11 is 1.83. The van der Waals surface area contributed by atoms with Gasteiger partial charge in [-0.3, -0.25) is 9.80 Å². The van der Waals surface area contributed by atoms with Gasteiger partial charge in [-0.1, -0.05) is 0 Å². The molecule has 102 valence electrons. The number of rotatable bonds is 5. The highest BCUT2D eigenvalue weighted by Gasteiger charge is 2.11. The molecule has 0 bridgehead atoms. The zero-order valence-corrected chi connectivity index (χ0v) is 12.5. The van der Waals surface area contributed by atoms with Crippen molar-refractivity contribution in [1.29, 1.82) is 0 Å². The van der Waals surface area contributed by atoms with Gasteiger partial charge in [0.1, 0.15) is 5.01 Å². The van der Waals surface area contributed by atoms with E-state index < -0.39 is 0 Å². The summed E-state index contributed by atoms with van der Waals surface area (Å²) in [6, 6.07) is 0. The summed E-state index contributed by atoms with van der Waals surface area (Å²) in [7, 11) is 2.19. The van der Waals surface area contributed by atoms with Gasteiger partial charge < -0.3 is 5.32 Å². The van der Waals surface area contributed by atoms with Crippen molar-refractivity contribution in [3.63, 3.8) is 0 Å². The normalized spacial score (nSPS) is 17.6. The third-order valence-electron chi connectivity index (χ3n) is 3.49. The molecule has 0 atom stereocenters. The van der Waals surface area contributed by atoms with Crippen LogP contribution in [0.4, 0.5) is 0 Å². The van der Waals surface area contributed by atoms with Crippen molar-refractivity contribution < 1.29 is 0 Å². The summed E-state index contributed by atoms with van der Waals surface area (Å²) in [4.78, 5) is 10.9. The smallest absolute Gasteiger partial charge is 0.107 e. The maximum absolute atomic E-state index is 4.60. The molecule has 18 heavy (non-hydrogen) atoms. The quantitative estimate of drug-likeness (QED) is 0.866. The maximum Gasteiger partial charge on any atom is 0.107 e. The molecule has 4 nitrogen and oxygen atoms in total. The number of likely N-dealkylation sites (N-methyl/N-ethyl adjacent to an activating group) is 1. The first-order valence-electron chi connectivity index (χ1n) is 6.69. The standard InChI is InChI=1S/C13H24N4S/c1-11-12(2)18-13(15-11)10-16(3)8-9-17-6-4-14-5-7-17/h14H,4-10H2,1-3H3. The second kappa shape index (κ2) is 6.61. The van der Waals surface area contributed by atoms with Crippen LogP contribution >= 0.6 is 11.3 Å². The van der Waals surface area contributed by atoms with Gasteiger partial charge in [-0.05, 0) is 20.9 Å². The Hall–Kier alpha value is -0.490. The maximum atomic E-state index is 4.60. The van der Waals surface area contributed by atoms with Gasteiger partial charge in [0.2, 0.25) is 0 Å². The first-order chi connectivity index (χ1) is 8.65. The van der Waals surface area contributed by atoms with Crippen molar-refractivity contribution in [3.8, 4) is 0 Å². The minimum atomic E-state index is 0.978.